The molecule has 0 atom stereocenters. The van der Waals surface area contributed by atoms with Crippen LogP contribution in [0.1, 0.15) is 26.7 Å². The minimum absolute atomic E-state index is 0.0553. The van der Waals surface area contributed by atoms with E-state index in [0.29, 0.717) is 0 Å². The summed E-state index contributed by atoms with van der Waals surface area (Å²) >= 11 is 7.00. The van der Waals surface area contributed by atoms with Crippen molar-refractivity contribution in [2.24, 2.45) is 0 Å². The first kappa shape index (κ1) is 12.2. The summed E-state index contributed by atoms with van der Waals surface area (Å²) in [6, 6.07) is 4.07. The zero-order valence-corrected chi connectivity index (χ0v) is 12.6. The molecule has 1 aliphatic heterocycles. The Bertz CT molecular complexity index is 402. The van der Waals surface area contributed by atoms with Crippen LogP contribution in [0.25, 0.3) is 0 Å². The molecule has 1 aliphatic rings. The standard InChI is InChI=1S/C12H15Br2NO/c1-3-12(4-2)7-15-10-5-8(13)9(14)6-11(10)16-12/h5-6,15H,3-4,7H2,1-2H3. The third-order valence-electron chi connectivity index (χ3n) is 3.24. The monoisotopic (exact) mass is 347 g/mol. The van der Waals surface area contributed by atoms with E-state index in [2.05, 4.69) is 57.1 Å². The molecule has 0 fully saturated rings. The van der Waals surface area contributed by atoms with Crippen LogP contribution in [0, 0.1) is 0 Å². The van der Waals surface area contributed by atoms with Crippen molar-refractivity contribution in [3.63, 3.8) is 0 Å². The molecule has 1 heterocycles. The maximum atomic E-state index is 6.14. The summed E-state index contributed by atoms with van der Waals surface area (Å²) in [5.41, 5.74) is 1.01. The van der Waals surface area contributed by atoms with E-state index in [1.165, 1.54) is 0 Å². The van der Waals surface area contributed by atoms with Crippen molar-refractivity contribution in [1.82, 2.24) is 0 Å². The third-order valence-corrected chi connectivity index (χ3v) is 5.08. The summed E-state index contributed by atoms with van der Waals surface area (Å²) in [5.74, 6) is 0.935. The zero-order chi connectivity index (χ0) is 11.8. The van der Waals surface area contributed by atoms with E-state index in [-0.39, 0.29) is 5.60 Å². The lowest BCUT2D eigenvalue weighted by Crippen LogP contribution is -2.44. The smallest absolute Gasteiger partial charge is 0.144 e. The molecular weight excluding hydrogens is 334 g/mol. The molecule has 16 heavy (non-hydrogen) atoms. The maximum Gasteiger partial charge on any atom is 0.144 e. The van der Waals surface area contributed by atoms with Crippen LogP contribution >= 0.6 is 31.9 Å². The number of nitrogens with one attached hydrogen (secondary N) is 1. The van der Waals surface area contributed by atoms with E-state index in [9.17, 15) is 0 Å². The second-order valence-electron chi connectivity index (χ2n) is 4.11. The Balaban J connectivity index is 2.36. The van der Waals surface area contributed by atoms with Crippen molar-refractivity contribution in [3.8, 4) is 5.75 Å². The molecule has 0 unspecified atom stereocenters. The second kappa shape index (κ2) is 4.57. The van der Waals surface area contributed by atoms with Gasteiger partial charge in [-0.2, -0.15) is 0 Å². The topological polar surface area (TPSA) is 21.3 Å². The normalized spacial score (nSPS) is 17.2. The largest absolute Gasteiger partial charge is 0.483 e. The zero-order valence-electron chi connectivity index (χ0n) is 9.44. The minimum atomic E-state index is -0.0553. The number of ether oxygens (including phenoxy) is 1. The van der Waals surface area contributed by atoms with E-state index in [1.54, 1.807) is 0 Å². The molecule has 4 heteroatoms. The van der Waals surface area contributed by atoms with Crippen LogP contribution in [0.5, 0.6) is 5.75 Å². The van der Waals surface area contributed by atoms with Gasteiger partial charge in [0.25, 0.3) is 0 Å². The molecular formula is C12H15Br2NO. The van der Waals surface area contributed by atoms with E-state index in [1.807, 2.05) is 6.07 Å². The Hall–Kier alpha value is -0.220. The number of hydrogen-bond donors (Lipinski definition) is 1. The Morgan fingerprint density at radius 3 is 2.50 bits per heavy atom. The average Bonchev–Trinajstić information content (AvgIpc) is 2.30. The van der Waals surface area contributed by atoms with Gasteiger partial charge in [0.1, 0.15) is 11.4 Å². The van der Waals surface area contributed by atoms with Crippen LogP contribution in [-0.4, -0.2) is 12.1 Å². The van der Waals surface area contributed by atoms with Gasteiger partial charge in [-0.25, -0.2) is 0 Å². The highest BCUT2D eigenvalue weighted by Crippen LogP contribution is 2.40. The van der Waals surface area contributed by atoms with Gasteiger partial charge >= 0.3 is 0 Å². The van der Waals surface area contributed by atoms with Crippen LogP contribution in [0.15, 0.2) is 21.1 Å². The van der Waals surface area contributed by atoms with Crippen LogP contribution in [0.2, 0.25) is 0 Å². The Labute approximate surface area is 113 Å². The average molecular weight is 349 g/mol. The third kappa shape index (κ3) is 2.09. The van der Waals surface area contributed by atoms with Gasteiger partial charge in [-0.15, -0.1) is 0 Å². The number of benzene rings is 1. The SMILES string of the molecule is CCC1(CC)CNc2cc(Br)c(Br)cc2O1. The molecule has 0 spiro atoms. The lowest BCUT2D eigenvalue weighted by molar-refractivity contribution is 0.0670. The highest BCUT2D eigenvalue weighted by atomic mass is 79.9. The van der Waals surface area contributed by atoms with Gasteiger partial charge < -0.3 is 10.1 Å². The van der Waals surface area contributed by atoms with Crippen molar-refractivity contribution in [2.75, 3.05) is 11.9 Å². The molecule has 1 aromatic carbocycles. The molecule has 0 amide bonds. The number of hydrogen-bond acceptors (Lipinski definition) is 2. The van der Waals surface area contributed by atoms with Gasteiger partial charge in [0, 0.05) is 8.95 Å². The van der Waals surface area contributed by atoms with E-state index in [0.717, 1.165) is 39.8 Å². The summed E-state index contributed by atoms with van der Waals surface area (Å²) in [5, 5.41) is 3.45. The molecule has 1 N–H and O–H groups in total. The molecule has 0 saturated carbocycles. The first-order chi connectivity index (χ1) is 7.60. The fourth-order valence-electron chi connectivity index (χ4n) is 1.92. The molecule has 88 valence electrons. The molecule has 1 aromatic rings. The van der Waals surface area contributed by atoms with Gasteiger partial charge in [0.05, 0.1) is 12.2 Å². The summed E-state index contributed by atoms with van der Waals surface area (Å²) in [6.45, 7) is 5.22. The van der Waals surface area contributed by atoms with E-state index in [4.69, 9.17) is 4.74 Å². The Kier molecular flexibility index (Phi) is 3.50. The Morgan fingerprint density at radius 1 is 1.25 bits per heavy atom. The van der Waals surface area contributed by atoms with Gasteiger partial charge in [-0.05, 0) is 56.8 Å². The quantitative estimate of drug-likeness (QED) is 0.844. The first-order valence-corrected chi connectivity index (χ1v) is 7.11. The summed E-state index contributed by atoms with van der Waals surface area (Å²) < 4.78 is 8.21. The molecule has 0 aliphatic carbocycles. The predicted molar refractivity (Wildman–Crippen MR) is 74.3 cm³/mol. The Morgan fingerprint density at radius 2 is 1.88 bits per heavy atom. The summed E-state index contributed by atoms with van der Waals surface area (Å²) in [4.78, 5) is 0. The van der Waals surface area contributed by atoms with Gasteiger partial charge in [-0.1, -0.05) is 13.8 Å². The van der Waals surface area contributed by atoms with Gasteiger partial charge in [-0.3, -0.25) is 0 Å². The van der Waals surface area contributed by atoms with Crippen LogP contribution < -0.4 is 10.1 Å². The lowest BCUT2D eigenvalue weighted by atomic mass is 9.95. The maximum absolute atomic E-state index is 6.14. The molecule has 0 bridgehead atoms. The van der Waals surface area contributed by atoms with E-state index >= 15 is 0 Å². The molecule has 0 aromatic heterocycles. The van der Waals surface area contributed by atoms with Crippen molar-refractivity contribution < 1.29 is 4.74 Å². The highest BCUT2D eigenvalue weighted by molar-refractivity contribution is 9.13. The fraction of sp³-hybridized carbons (Fsp3) is 0.500. The van der Waals surface area contributed by atoms with Gasteiger partial charge in [0.15, 0.2) is 0 Å². The summed E-state index contributed by atoms with van der Waals surface area (Å²) in [6.07, 6.45) is 2.03. The van der Waals surface area contributed by atoms with Gasteiger partial charge in [0.2, 0.25) is 0 Å². The molecule has 2 rings (SSSR count). The van der Waals surface area contributed by atoms with Crippen molar-refractivity contribution in [2.45, 2.75) is 32.3 Å². The minimum Gasteiger partial charge on any atom is -0.483 e. The van der Waals surface area contributed by atoms with Crippen molar-refractivity contribution in [3.05, 3.63) is 21.1 Å². The number of anilines is 1. The van der Waals surface area contributed by atoms with Crippen LogP contribution in [-0.2, 0) is 0 Å². The molecule has 0 radical (unpaired) electrons. The molecule has 2 nitrogen and oxygen atoms in total. The first-order valence-electron chi connectivity index (χ1n) is 5.52. The summed E-state index contributed by atoms with van der Waals surface area (Å²) in [7, 11) is 0. The number of halogens is 2. The number of rotatable bonds is 2. The van der Waals surface area contributed by atoms with Crippen molar-refractivity contribution in [1.29, 1.82) is 0 Å². The second-order valence-corrected chi connectivity index (χ2v) is 5.82. The highest BCUT2D eigenvalue weighted by Gasteiger charge is 2.33. The van der Waals surface area contributed by atoms with Crippen LogP contribution in [0.3, 0.4) is 0 Å². The number of fused-ring (bicyclic) bond motifs is 1. The lowest BCUT2D eigenvalue weighted by Gasteiger charge is -2.38. The fourth-order valence-corrected chi connectivity index (χ4v) is 2.59. The van der Waals surface area contributed by atoms with Crippen LogP contribution in [0.4, 0.5) is 5.69 Å². The molecule has 0 saturated heterocycles. The van der Waals surface area contributed by atoms with Crippen molar-refractivity contribution >= 4 is 37.5 Å². The predicted octanol–water partition coefficient (Wildman–Crippen LogP) is 4.57. The van der Waals surface area contributed by atoms with E-state index < -0.39 is 0 Å².